The predicted octanol–water partition coefficient (Wildman–Crippen LogP) is 14.0. The second-order valence-corrected chi connectivity index (χ2v) is 26.6. The van der Waals surface area contributed by atoms with E-state index in [0.29, 0.717) is 57.8 Å². The minimum Gasteiger partial charge on any atom is -0.462 e. The number of hydrogen-bond donors (Lipinski definition) is 6. The van der Waals surface area contributed by atoms with Gasteiger partial charge >= 0.3 is 31.7 Å². The van der Waals surface area contributed by atoms with E-state index in [1.807, 2.05) is 20.8 Å². The summed E-state index contributed by atoms with van der Waals surface area (Å²) in [4.78, 5) is 116. The lowest BCUT2D eigenvalue weighted by atomic mass is 9.95. The van der Waals surface area contributed by atoms with Crippen LogP contribution >= 0.6 is 7.82 Å². The standard InChI is InChI=1S/C69H128N3O18P/c1-7-13-19-22-25-28-31-34-40-43-54(85-61(76)46-37-16-10-4)49-59(74)71-57(68(70)80)53-84-69-65(72-60(75)50-55(86-62(77)47-38-17-11-5)44-41-35-32-29-26-23-20-14-8-2)67(66(58(52-73)88-69)90-91(81,82)83)89-64(79)51-56(87-63(78)48-39-18-12-6)45-42-36-33-30-27-24-21-15-9-3/h54-58,65-67,69,73H,7-53H2,1-6H3,(H2,70,80)(H,71,74)(H,72,75)(H2,81,82,83)/t54-,55-,56-,57+,58-,65-,66-,67-,69?/m1/s1. The normalized spacial score (nSPS) is 18.0. The molecule has 22 heteroatoms. The van der Waals surface area contributed by atoms with Gasteiger partial charge in [-0.15, -0.1) is 0 Å². The Hall–Kier alpha value is -3.72. The van der Waals surface area contributed by atoms with Crippen molar-refractivity contribution in [2.45, 2.75) is 385 Å². The molecule has 1 aliphatic rings. The Kier molecular flexibility index (Phi) is 52.1. The molecule has 1 saturated heterocycles. The number of phosphoric ester groups is 1. The number of primary amides is 1. The number of aliphatic hydroxyl groups excluding tert-OH is 1. The van der Waals surface area contributed by atoms with Crippen molar-refractivity contribution < 1.29 is 86.0 Å². The van der Waals surface area contributed by atoms with E-state index in [0.717, 1.165) is 141 Å². The van der Waals surface area contributed by atoms with Crippen molar-refractivity contribution in [2.24, 2.45) is 5.73 Å². The Labute approximate surface area is 548 Å². The highest BCUT2D eigenvalue weighted by Gasteiger charge is 2.52. The number of hydrogen-bond acceptors (Lipinski definition) is 16. The van der Waals surface area contributed by atoms with Crippen LogP contribution in [0.2, 0.25) is 0 Å². The van der Waals surface area contributed by atoms with Gasteiger partial charge in [-0.05, 0) is 57.8 Å². The molecular weight excluding hydrogens is 1190 g/mol. The fourth-order valence-electron chi connectivity index (χ4n) is 11.4. The first-order chi connectivity index (χ1) is 43.8. The summed E-state index contributed by atoms with van der Waals surface area (Å²) in [5.74, 6) is -4.97. The summed E-state index contributed by atoms with van der Waals surface area (Å²) in [5, 5.41) is 16.2. The lowest BCUT2D eigenvalue weighted by Gasteiger charge is -2.45. The highest BCUT2D eigenvalue weighted by Crippen LogP contribution is 2.42. The molecule has 0 spiro atoms. The van der Waals surface area contributed by atoms with E-state index in [2.05, 4.69) is 31.4 Å². The summed E-state index contributed by atoms with van der Waals surface area (Å²) in [7, 11) is -5.53. The minimum absolute atomic E-state index is 0.119. The molecule has 91 heavy (non-hydrogen) atoms. The van der Waals surface area contributed by atoms with Crippen LogP contribution < -0.4 is 16.4 Å². The largest absolute Gasteiger partial charge is 0.470 e. The third-order valence-corrected chi connectivity index (χ3v) is 17.3. The summed E-state index contributed by atoms with van der Waals surface area (Å²) in [5.41, 5.74) is 5.90. The zero-order valence-electron chi connectivity index (χ0n) is 57.4. The second kappa shape index (κ2) is 55.6. The lowest BCUT2D eigenvalue weighted by molar-refractivity contribution is -0.272. The number of aliphatic hydroxyl groups is 1. The molecule has 0 aliphatic carbocycles. The average Bonchev–Trinajstić information content (AvgIpc) is 2.19. The Balaban J connectivity index is 3.78. The smallest absolute Gasteiger partial charge is 0.462 e. The van der Waals surface area contributed by atoms with Crippen molar-refractivity contribution in [2.75, 3.05) is 13.2 Å². The molecule has 0 bridgehead atoms. The van der Waals surface area contributed by atoms with Gasteiger partial charge in [0.25, 0.3) is 0 Å². The van der Waals surface area contributed by atoms with Crippen LogP contribution in [0.25, 0.3) is 0 Å². The van der Waals surface area contributed by atoms with Crippen molar-refractivity contribution in [3.05, 3.63) is 0 Å². The lowest BCUT2D eigenvalue weighted by Crippen LogP contribution is -2.67. The molecule has 3 amide bonds. The van der Waals surface area contributed by atoms with Crippen LogP contribution in [-0.2, 0) is 71.1 Å². The van der Waals surface area contributed by atoms with Gasteiger partial charge in [0.05, 0.1) is 32.5 Å². The van der Waals surface area contributed by atoms with E-state index in [1.54, 1.807) is 0 Å². The summed E-state index contributed by atoms with van der Waals surface area (Å²) >= 11 is 0. The number of esters is 4. The van der Waals surface area contributed by atoms with Crippen LogP contribution in [0, 0.1) is 0 Å². The van der Waals surface area contributed by atoms with E-state index in [4.69, 9.17) is 38.7 Å². The molecule has 0 aromatic carbocycles. The molecule has 0 saturated carbocycles. The van der Waals surface area contributed by atoms with E-state index < -0.39 is 130 Å². The van der Waals surface area contributed by atoms with Crippen molar-refractivity contribution >= 4 is 49.4 Å². The van der Waals surface area contributed by atoms with Gasteiger partial charge < -0.3 is 59.7 Å². The van der Waals surface area contributed by atoms with Crippen molar-refractivity contribution in [3.63, 3.8) is 0 Å². The molecule has 532 valence electrons. The molecule has 0 aromatic heterocycles. The van der Waals surface area contributed by atoms with Crippen LogP contribution in [0.4, 0.5) is 0 Å². The Morgan fingerprint density at radius 2 is 0.802 bits per heavy atom. The van der Waals surface area contributed by atoms with E-state index in [9.17, 15) is 53.0 Å². The topological polar surface area (TPSA) is 312 Å². The quantitative estimate of drug-likeness (QED) is 0.0143. The summed E-state index contributed by atoms with van der Waals surface area (Å²) < 4.78 is 54.2. The van der Waals surface area contributed by atoms with Gasteiger partial charge in [0.2, 0.25) is 17.7 Å². The van der Waals surface area contributed by atoms with Crippen molar-refractivity contribution in [3.8, 4) is 0 Å². The van der Waals surface area contributed by atoms with E-state index >= 15 is 0 Å². The molecule has 1 rings (SSSR count). The molecule has 7 N–H and O–H groups in total. The first-order valence-electron chi connectivity index (χ1n) is 36.1. The third-order valence-electron chi connectivity index (χ3n) is 16.7. The number of nitrogens with one attached hydrogen (secondary N) is 2. The predicted molar refractivity (Wildman–Crippen MR) is 353 cm³/mol. The maximum atomic E-state index is 14.6. The number of amides is 3. The second-order valence-electron chi connectivity index (χ2n) is 25.4. The van der Waals surface area contributed by atoms with Crippen LogP contribution in [0.15, 0.2) is 0 Å². The molecule has 9 atom stereocenters. The summed E-state index contributed by atoms with van der Waals surface area (Å²) in [6.07, 6.45) is 24.9. The molecular formula is C69H128N3O18P. The van der Waals surface area contributed by atoms with Gasteiger partial charge in [0.1, 0.15) is 42.6 Å². The zero-order valence-corrected chi connectivity index (χ0v) is 58.3. The zero-order chi connectivity index (χ0) is 67.3. The highest BCUT2D eigenvalue weighted by atomic mass is 31.2. The number of rotatable bonds is 61. The van der Waals surface area contributed by atoms with Gasteiger partial charge in [0.15, 0.2) is 12.4 Å². The molecule has 21 nitrogen and oxygen atoms in total. The van der Waals surface area contributed by atoms with Crippen molar-refractivity contribution in [1.29, 1.82) is 0 Å². The molecule has 1 fully saturated rings. The van der Waals surface area contributed by atoms with Gasteiger partial charge in [-0.2, -0.15) is 0 Å². The number of nitrogens with two attached hydrogens (primary N) is 1. The maximum absolute atomic E-state index is 14.6. The Bertz CT molecular complexity index is 1960. The van der Waals surface area contributed by atoms with Gasteiger partial charge in [-0.1, -0.05) is 234 Å². The number of carbonyl (C=O) groups excluding carboxylic acids is 7. The monoisotopic (exact) mass is 1320 g/mol. The number of ether oxygens (including phenoxy) is 6. The van der Waals surface area contributed by atoms with Crippen LogP contribution in [0.1, 0.15) is 330 Å². The average molecular weight is 1320 g/mol. The Morgan fingerprint density at radius 1 is 0.462 bits per heavy atom. The third kappa shape index (κ3) is 45.3. The fraction of sp³-hybridized carbons (Fsp3) is 0.899. The summed E-state index contributed by atoms with van der Waals surface area (Å²) in [6, 6.07) is -3.32. The van der Waals surface area contributed by atoms with Gasteiger partial charge in [-0.3, -0.25) is 38.1 Å². The fourth-order valence-corrected chi connectivity index (χ4v) is 12.0. The highest BCUT2D eigenvalue weighted by molar-refractivity contribution is 7.46. The van der Waals surface area contributed by atoms with Crippen LogP contribution in [0.3, 0.4) is 0 Å². The first-order valence-corrected chi connectivity index (χ1v) is 37.6. The first kappa shape index (κ1) is 85.3. The van der Waals surface area contributed by atoms with Crippen molar-refractivity contribution in [1.82, 2.24) is 10.6 Å². The molecule has 0 aromatic rings. The number of unbranched alkanes of at least 4 members (excludes halogenated alkanes) is 30. The molecule has 1 heterocycles. The van der Waals surface area contributed by atoms with Gasteiger partial charge in [-0.25, -0.2) is 4.57 Å². The SMILES string of the molecule is CCCCCCCCCCC[C@H](CC(=O)N[C@@H](COC1O[C@H](CO)[C@@H](OP(=O)(O)O)[C@H](OC(=O)C[C@@H](CCCCCCCCCCC)OC(=O)CCCCC)[C@H]1NC(=O)C[C@@H](CCCCCCCCCCC)OC(=O)CCCCC)C(N)=O)OC(=O)CCCCC. The number of phosphoric acid groups is 1. The van der Waals surface area contributed by atoms with Crippen LogP contribution in [0.5, 0.6) is 0 Å². The van der Waals surface area contributed by atoms with Crippen LogP contribution in [-0.4, -0.2) is 125 Å². The van der Waals surface area contributed by atoms with E-state index in [-0.39, 0.29) is 25.7 Å². The molecule has 1 unspecified atom stereocenters. The minimum atomic E-state index is -5.53. The maximum Gasteiger partial charge on any atom is 0.470 e. The molecule has 0 radical (unpaired) electrons. The van der Waals surface area contributed by atoms with E-state index in [1.165, 1.54) is 51.4 Å². The Morgan fingerprint density at radius 3 is 1.15 bits per heavy atom. The number of carbonyl (C=O) groups is 7. The van der Waals surface area contributed by atoms with Gasteiger partial charge in [0, 0.05) is 19.3 Å². The summed E-state index contributed by atoms with van der Waals surface area (Å²) in [6.45, 7) is 10.8. The molecule has 1 aliphatic heterocycles.